The molecule has 1 aliphatic carbocycles. The molecule has 0 N–H and O–H groups in total. The third-order valence-electron chi connectivity index (χ3n) is 2.73. The van der Waals surface area contributed by atoms with Gasteiger partial charge in [-0.25, -0.2) is 0 Å². The lowest BCUT2D eigenvalue weighted by Gasteiger charge is -2.34. The van der Waals surface area contributed by atoms with Crippen LogP contribution in [-0.4, -0.2) is 25.1 Å². The van der Waals surface area contributed by atoms with Crippen molar-refractivity contribution in [3.63, 3.8) is 0 Å². The largest absolute Gasteiger partial charge is 0.486 e. The van der Waals surface area contributed by atoms with E-state index in [9.17, 15) is 4.79 Å². The minimum Gasteiger partial charge on any atom is -0.486 e. The summed E-state index contributed by atoms with van der Waals surface area (Å²) in [6.45, 7) is 1.97. The molecule has 4 heteroatoms. The van der Waals surface area contributed by atoms with Gasteiger partial charge in [-0.05, 0) is 30.7 Å². The van der Waals surface area contributed by atoms with Crippen molar-refractivity contribution < 1.29 is 14.3 Å². The number of rotatable bonds is 3. The van der Waals surface area contributed by atoms with Gasteiger partial charge in [0.2, 0.25) is 0 Å². The van der Waals surface area contributed by atoms with Gasteiger partial charge in [0, 0.05) is 18.0 Å². The van der Waals surface area contributed by atoms with Gasteiger partial charge in [-0.1, -0.05) is 15.9 Å². The molecule has 1 fully saturated rings. The number of carbonyl (C=O) groups excluding carboxylic acids is 1. The van der Waals surface area contributed by atoms with E-state index in [1.54, 1.807) is 0 Å². The fourth-order valence-electron chi connectivity index (χ4n) is 1.76. The van der Waals surface area contributed by atoms with E-state index in [0.29, 0.717) is 6.42 Å². The van der Waals surface area contributed by atoms with Crippen LogP contribution < -0.4 is 4.74 Å². The lowest BCUT2D eigenvalue weighted by Crippen LogP contribution is -2.51. The van der Waals surface area contributed by atoms with E-state index < -0.39 is 6.10 Å². The SMILES string of the molecule is COC1C(=O)CC1Oc1ccc(Br)cc1C. The summed E-state index contributed by atoms with van der Waals surface area (Å²) >= 11 is 3.39. The van der Waals surface area contributed by atoms with Crippen molar-refractivity contribution in [2.45, 2.75) is 25.6 Å². The Labute approximate surface area is 103 Å². The predicted octanol–water partition coefficient (Wildman–Crippen LogP) is 2.49. The van der Waals surface area contributed by atoms with Crippen LogP contribution in [0.5, 0.6) is 5.75 Å². The highest BCUT2D eigenvalue weighted by Gasteiger charge is 2.42. The lowest BCUT2D eigenvalue weighted by atomic mass is 9.90. The predicted molar refractivity (Wildman–Crippen MR) is 63.7 cm³/mol. The van der Waals surface area contributed by atoms with Gasteiger partial charge in [-0.3, -0.25) is 4.79 Å². The first-order valence-electron chi connectivity index (χ1n) is 5.10. The Morgan fingerprint density at radius 1 is 1.44 bits per heavy atom. The van der Waals surface area contributed by atoms with Gasteiger partial charge in [-0.15, -0.1) is 0 Å². The molecule has 0 radical (unpaired) electrons. The average Bonchev–Trinajstić information content (AvgIpc) is 2.21. The van der Waals surface area contributed by atoms with Crippen LogP contribution in [0.3, 0.4) is 0 Å². The summed E-state index contributed by atoms with van der Waals surface area (Å²) in [6, 6.07) is 5.80. The molecule has 2 unspecified atom stereocenters. The quantitative estimate of drug-likeness (QED) is 0.856. The molecule has 1 saturated carbocycles. The van der Waals surface area contributed by atoms with Crippen LogP contribution in [0.4, 0.5) is 0 Å². The van der Waals surface area contributed by atoms with E-state index in [0.717, 1.165) is 15.8 Å². The average molecular weight is 285 g/mol. The van der Waals surface area contributed by atoms with E-state index in [1.807, 2.05) is 25.1 Å². The molecule has 0 spiro atoms. The van der Waals surface area contributed by atoms with Crippen molar-refractivity contribution >= 4 is 21.7 Å². The van der Waals surface area contributed by atoms with Crippen LogP contribution in [0.2, 0.25) is 0 Å². The highest BCUT2D eigenvalue weighted by atomic mass is 79.9. The third-order valence-corrected chi connectivity index (χ3v) is 3.22. The number of ketones is 1. The van der Waals surface area contributed by atoms with Crippen molar-refractivity contribution in [3.05, 3.63) is 28.2 Å². The standard InChI is InChI=1S/C12H13BrO3/c1-7-5-8(13)3-4-10(7)16-11-6-9(14)12(11)15-2/h3-5,11-12H,6H2,1-2H3. The minimum atomic E-state index is -0.400. The maximum Gasteiger partial charge on any atom is 0.169 e. The Morgan fingerprint density at radius 2 is 2.19 bits per heavy atom. The number of aryl methyl sites for hydroxylation is 1. The number of Topliss-reactive ketones (excluding diaryl/α,β-unsaturated/α-hetero) is 1. The number of carbonyl (C=O) groups is 1. The summed E-state index contributed by atoms with van der Waals surface area (Å²) in [5.74, 6) is 0.921. The molecule has 1 aromatic rings. The molecule has 0 aromatic heterocycles. The molecule has 16 heavy (non-hydrogen) atoms. The molecular formula is C12H13BrO3. The topological polar surface area (TPSA) is 35.5 Å². The summed E-state index contributed by atoms with van der Waals surface area (Å²) in [5.41, 5.74) is 1.04. The molecule has 0 amide bonds. The zero-order valence-electron chi connectivity index (χ0n) is 9.20. The first-order chi connectivity index (χ1) is 7.61. The van der Waals surface area contributed by atoms with Crippen LogP contribution in [0.15, 0.2) is 22.7 Å². The summed E-state index contributed by atoms with van der Waals surface area (Å²) < 4.78 is 11.8. The van der Waals surface area contributed by atoms with Crippen LogP contribution in [0.1, 0.15) is 12.0 Å². The first kappa shape index (κ1) is 11.6. The fourth-order valence-corrected chi connectivity index (χ4v) is 2.24. The van der Waals surface area contributed by atoms with Crippen molar-refractivity contribution in [2.24, 2.45) is 0 Å². The molecule has 0 aliphatic heterocycles. The van der Waals surface area contributed by atoms with E-state index >= 15 is 0 Å². The van der Waals surface area contributed by atoms with Gasteiger partial charge in [0.1, 0.15) is 11.9 Å². The second-order valence-corrected chi connectivity index (χ2v) is 4.81. The van der Waals surface area contributed by atoms with E-state index in [4.69, 9.17) is 9.47 Å². The summed E-state index contributed by atoms with van der Waals surface area (Å²) in [5, 5.41) is 0. The third kappa shape index (κ3) is 2.13. The summed E-state index contributed by atoms with van der Waals surface area (Å²) in [6.07, 6.45) is -0.103. The first-order valence-corrected chi connectivity index (χ1v) is 5.89. The molecular weight excluding hydrogens is 272 g/mol. The van der Waals surface area contributed by atoms with Crippen molar-refractivity contribution in [2.75, 3.05) is 7.11 Å². The van der Waals surface area contributed by atoms with Crippen molar-refractivity contribution in [3.8, 4) is 5.75 Å². The second-order valence-electron chi connectivity index (χ2n) is 3.89. The highest BCUT2D eigenvalue weighted by molar-refractivity contribution is 9.10. The Balaban J connectivity index is 2.07. The number of halogens is 1. The van der Waals surface area contributed by atoms with Gasteiger partial charge in [0.25, 0.3) is 0 Å². The zero-order chi connectivity index (χ0) is 11.7. The Kier molecular flexibility index (Phi) is 3.30. The van der Waals surface area contributed by atoms with Crippen LogP contribution in [-0.2, 0) is 9.53 Å². The monoisotopic (exact) mass is 284 g/mol. The minimum absolute atomic E-state index is 0.113. The van der Waals surface area contributed by atoms with Gasteiger partial charge < -0.3 is 9.47 Å². The van der Waals surface area contributed by atoms with Gasteiger partial charge >= 0.3 is 0 Å². The second kappa shape index (κ2) is 4.55. The number of hydrogen-bond acceptors (Lipinski definition) is 3. The van der Waals surface area contributed by atoms with E-state index in [2.05, 4.69) is 15.9 Å². The molecule has 86 valence electrons. The van der Waals surface area contributed by atoms with Crippen molar-refractivity contribution in [1.29, 1.82) is 0 Å². The molecule has 1 aliphatic rings. The normalized spacial score (nSPS) is 24.1. The van der Waals surface area contributed by atoms with Gasteiger partial charge in [-0.2, -0.15) is 0 Å². The molecule has 2 atom stereocenters. The summed E-state index contributed by atoms with van der Waals surface area (Å²) in [7, 11) is 1.53. The molecule has 3 nitrogen and oxygen atoms in total. The number of hydrogen-bond donors (Lipinski definition) is 0. The smallest absolute Gasteiger partial charge is 0.169 e. The Morgan fingerprint density at radius 3 is 2.75 bits per heavy atom. The van der Waals surface area contributed by atoms with Gasteiger partial charge in [0.05, 0.1) is 0 Å². The number of methoxy groups -OCH3 is 1. The molecule has 2 rings (SSSR count). The maximum absolute atomic E-state index is 11.2. The van der Waals surface area contributed by atoms with Crippen LogP contribution >= 0.6 is 15.9 Å². The Hall–Kier alpha value is -0.870. The highest BCUT2D eigenvalue weighted by Crippen LogP contribution is 2.28. The molecule has 0 bridgehead atoms. The number of ether oxygens (including phenoxy) is 2. The fraction of sp³-hybridized carbons (Fsp3) is 0.417. The molecule has 0 heterocycles. The van der Waals surface area contributed by atoms with Gasteiger partial charge in [0.15, 0.2) is 11.9 Å². The maximum atomic E-state index is 11.2. The molecule has 0 saturated heterocycles. The summed E-state index contributed by atoms with van der Waals surface area (Å²) in [4.78, 5) is 11.2. The number of benzene rings is 1. The lowest BCUT2D eigenvalue weighted by molar-refractivity contribution is -0.151. The van der Waals surface area contributed by atoms with E-state index in [-0.39, 0.29) is 11.9 Å². The van der Waals surface area contributed by atoms with Crippen LogP contribution in [0, 0.1) is 6.92 Å². The molecule has 1 aromatic carbocycles. The van der Waals surface area contributed by atoms with Crippen molar-refractivity contribution in [1.82, 2.24) is 0 Å². The zero-order valence-corrected chi connectivity index (χ0v) is 10.8. The Bertz CT molecular complexity index is 417. The van der Waals surface area contributed by atoms with E-state index in [1.165, 1.54) is 7.11 Å². The van der Waals surface area contributed by atoms with Crippen LogP contribution in [0.25, 0.3) is 0 Å².